The molecule has 0 N–H and O–H groups in total. The summed E-state index contributed by atoms with van der Waals surface area (Å²) in [4.78, 5) is 2.06. The van der Waals surface area contributed by atoms with Crippen molar-refractivity contribution >= 4 is 5.69 Å². The second kappa shape index (κ2) is 8.85. The zero-order chi connectivity index (χ0) is 17.4. The summed E-state index contributed by atoms with van der Waals surface area (Å²) in [6.07, 6.45) is 4.96. The molecule has 0 atom stereocenters. The van der Waals surface area contributed by atoms with E-state index in [1.807, 2.05) is 19.2 Å². The lowest BCUT2D eigenvalue weighted by atomic mass is 10.1. The Hall–Kier alpha value is -2.47. The highest BCUT2D eigenvalue weighted by molar-refractivity contribution is 5.61. The molecular weight excluding hydrogens is 284 g/mol. The number of anilines is 1. The van der Waals surface area contributed by atoms with Crippen LogP contribution in [0.15, 0.2) is 54.0 Å². The quantitative estimate of drug-likeness (QED) is 0.734. The van der Waals surface area contributed by atoms with E-state index in [2.05, 4.69) is 56.5 Å². The zero-order valence-corrected chi connectivity index (χ0v) is 14.8. The van der Waals surface area contributed by atoms with E-state index in [0.717, 1.165) is 23.4 Å². The maximum Gasteiger partial charge on any atom is 0.101 e. The van der Waals surface area contributed by atoms with Crippen LogP contribution in [-0.4, -0.2) is 13.7 Å². The third kappa shape index (κ3) is 5.34. The van der Waals surface area contributed by atoms with Crippen molar-refractivity contribution in [1.82, 2.24) is 0 Å². The van der Waals surface area contributed by atoms with Crippen molar-refractivity contribution in [3.8, 4) is 6.07 Å². The topological polar surface area (TPSA) is 36.3 Å². The van der Waals surface area contributed by atoms with Crippen LogP contribution in [0, 0.1) is 25.2 Å². The van der Waals surface area contributed by atoms with Gasteiger partial charge in [-0.05, 0) is 62.1 Å². The van der Waals surface area contributed by atoms with E-state index in [1.165, 1.54) is 11.1 Å². The van der Waals surface area contributed by atoms with Crippen LogP contribution < -0.4 is 4.90 Å². The van der Waals surface area contributed by atoms with Crippen molar-refractivity contribution in [2.75, 3.05) is 18.6 Å². The molecule has 0 radical (unpaired) electrons. The van der Waals surface area contributed by atoms with E-state index in [-0.39, 0.29) is 0 Å². The van der Waals surface area contributed by atoms with Crippen molar-refractivity contribution in [2.45, 2.75) is 34.1 Å². The molecule has 1 aromatic carbocycles. The second-order valence-corrected chi connectivity index (χ2v) is 5.58. The van der Waals surface area contributed by atoms with E-state index >= 15 is 0 Å². The normalized spacial score (nSPS) is 13.9. The average molecular weight is 310 g/mol. The molecule has 1 aliphatic heterocycles. The molecule has 3 heteroatoms. The van der Waals surface area contributed by atoms with E-state index < -0.39 is 0 Å². The van der Waals surface area contributed by atoms with Gasteiger partial charge in [0.15, 0.2) is 0 Å². The Balaban J connectivity index is 0.000000322. The molecule has 0 fully saturated rings. The number of methoxy groups -OCH3 is 1. The number of hydrogen-bond donors (Lipinski definition) is 0. The van der Waals surface area contributed by atoms with Gasteiger partial charge in [-0.2, -0.15) is 5.26 Å². The second-order valence-electron chi connectivity index (χ2n) is 5.58. The number of benzene rings is 1. The fourth-order valence-corrected chi connectivity index (χ4v) is 2.13. The Kier molecular flexibility index (Phi) is 7.15. The number of allylic oxidation sites excluding steroid dienone is 2. The van der Waals surface area contributed by atoms with Gasteiger partial charge in [0.25, 0.3) is 0 Å². The molecule has 0 bridgehead atoms. The molecule has 0 saturated heterocycles. The molecule has 1 heterocycles. The summed E-state index contributed by atoms with van der Waals surface area (Å²) in [5, 5.41) is 8.89. The van der Waals surface area contributed by atoms with E-state index in [1.54, 1.807) is 7.11 Å². The number of hydrogen-bond acceptors (Lipinski definition) is 3. The van der Waals surface area contributed by atoms with Gasteiger partial charge in [-0.1, -0.05) is 19.6 Å². The van der Waals surface area contributed by atoms with Gasteiger partial charge in [0, 0.05) is 18.4 Å². The van der Waals surface area contributed by atoms with Crippen LogP contribution in [-0.2, 0) is 4.74 Å². The summed E-state index contributed by atoms with van der Waals surface area (Å²) < 4.78 is 4.85. The van der Waals surface area contributed by atoms with Crippen molar-refractivity contribution in [2.24, 2.45) is 0 Å². The molecule has 0 aliphatic carbocycles. The van der Waals surface area contributed by atoms with E-state index in [4.69, 9.17) is 10.00 Å². The van der Waals surface area contributed by atoms with Crippen LogP contribution >= 0.6 is 0 Å². The Labute approximate surface area is 140 Å². The van der Waals surface area contributed by atoms with E-state index in [0.29, 0.717) is 12.1 Å². The van der Waals surface area contributed by atoms with Gasteiger partial charge in [0.05, 0.1) is 18.4 Å². The highest BCUT2D eigenvalue weighted by Crippen LogP contribution is 2.26. The first kappa shape index (κ1) is 18.6. The summed E-state index contributed by atoms with van der Waals surface area (Å²) in [7, 11) is 1.68. The number of rotatable bonds is 3. The van der Waals surface area contributed by atoms with Crippen LogP contribution in [0.1, 0.15) is 31.4 Å². The molecule has 0 unspecified atom stereocenters. The van der Waals surface area contributed by atoms with Crippen LogP contribution in [0.4, 0.5) is 5.69 Å². The third-order valence-electron chi connectivity index (χ3n) is 3.78. The summed E-state index contributed by atoms with van der Waals surface area (Å²) in [6, 6.07) is 8.48. The van der Waals surface area contributed by atoms with Gasteiger partial charge in [0.2, 0.25) is 0 Å². The maximum absolute atomic E-state index is 8.89. The maximum atomic E-state index is 8.89. The van der Waals surface area contributed by atoms with Crippen molar-refractivity contribution in [3.05, 3.63) is 65.1 Å². The molecule has 1 aromatic rings. The summed E-state index contributed by atoms with van der Waals surface area (Å²) in [6.45, 7) is 12.8. The lowest BCUT2D eigenvalue weighted by molar-refractivity contribution is 0.292. The number of aryl methyl sites for hydroxylation is 2. The Morgan fingerprint density at radius 3 is 2.52 bits per heavy atom. The SMILES string of the molecule is C=C1CN(c2ccc(C)c(C)c2)C=C1C#N.CC/C=C(\C)OC. The van der Waals surface area contributed by atoms with Crippen molar-refractivity contribution in [3.63, 3.8) is 0 Å². The highest BCUT2D eigenvalue weighted by atomic mass is 16.5. The lowest BCUT2D eigenvalue weighted by Crippen LogP contribution is -2.13. The first-order valence-electron chi connectivity index (χ1n) is 7.77. The molecular formula is C20H26N2O. The predicted molar refractivity (Wildman–Crippen MR) is 97.2 cm³/mol. The van der Waals surface area contributed by atoms with Crippen LogP contribution in [0.25, 0.3) is 0 Å². The smallest absolute Gasteiger partial charge is 0.101 e. The molecule has 0 aromatic heterocycles. The zero-order valence-electron chi connectivity index (χ0n) is 14.8. The van der Waals surface area contributed by atoms with E-state index in [9.17, 15) is 0 Å². The first-order valence-corrected chi connectivity index (χ1v) is 7.77. The first-order chi connectivity index (χ1) is 10.9. The average Bonchev–Trinajstić information content (AvgIpc) is 2.92. The van der Waals surface area contributed by atoms with Crippen LogP contribution in [0.2, 0.25) is 0 Å². The molecule has 0 spiro atoms. The minimum absolute atomic E-state index is 0.679. The third-order valence-corrected chi connectivity index (χ3v) is 3.78. The number of nitrogens with zero attached hydrogens (tertiary/aromatic N) is 2. The minimum Gasteiger partial charge on any atom is -0.502 e. The molecule has 1 aliphatic rings. The van der Waals surface area contributed by atoms with Gasteiger partial charge in [-0.3, -0.25) is 0 Å². The minimum atomic E-state index is 0.679. The molecule has 122 valence electrons. The fourth-order valence-electron chi connectivity index (χ4n) is 2.13. The van der Waals surface area contributed by atoms with Crippen molar-refractivity contribution in [1.29, 1.82) is 5.26 Å². The van der Waals surface area contributed by atoms with Gasteiger partial charge >= 0.3 is 0 Å². The summed E-state index contributed by atoms with van der Waals surface area (Å²) >= 11 is 0. The van der Waals surface area contributed by atoms with Gasteiger partial charge in [-0.15, -0.1) is 0 Å². The summed E-state index contributed by atoms with van der Waals surface area (Å²) in [5.74, 6) is 1.00. The molecule has 0 saturated carbocycles. The van der Waals surface area contributed by atoms with Gasteiger partial charge in [-0.25, -0.2) is 0 Å². The fraction of sp³-hybridized carbons (Fsp3) is 0.350. The van der Waals surface area contributed by atoms with Crippen molar-refractivity contribution < 1.29 is 4.74 Å². The van der Waals surface area contributed by atoms with Gasteiger partial charge in [0.1, 0.15) is 6.07 Å². The van der Waals surface area contributed by atoms with Crippen LogP contribution in [0.3, 0.4) is 0 Å². The van der Waals surface area contributed by atoms with Crippen LogP contribution in [0.5, 0.6) is 0 Å². The predicted octanol–water partition coefficient (Wildman–Crippen LogP) is 5.03. The lowest BCUT2D eigenvalue weighted by Gasteiger charge is -2.16. The Bertz CT molecular complexity index is 663. The highest BCUT2D eigenvalue weighted by Gasteiger charge is 2.17. The molecule has 3 nitrogen and oxygen atoms in total. The Morgan fingerprint density at radius 1 is 1.39 bits per heavy atom. The largest absolute Gasteiger partial charge is 0.502 e. The monoisotopic (exact) mass is 310 g/mol. The van der Waals surface area contributed by atoms with Gasteiger partial charge < -0.3 is 9.64 Å². The number of nitriles is 1. The molecule has 0 amide bonds. The molecule has 23 heavy (non-hydrogen) atoms. The number of ether oxygens (including phenoxy) is 1. The standard InChI is InChI=1S/C14H14N2.C6H12O/c1-10-4-5-14(6-11(10)2)16-8-12(3)13(7-15)9-16;1-4-5-6(2)7-3/h4-6,9H,3,8H2,1-2H3;5H,4H2,1-3H3/b;6-5+. The molecule has 2 rings (SSSR count). The summed E-state index contributed by atoms with van der Waals surface area (Å²) in [5.41, 5.74) is 5.24. The Morgan fingerprint density at radius 2 is 2.09 bits per heavy atom.